The summed E-state index contributed by atoms with van der Waals surface area (Å²) in [6, 6.07) is 1.94. The molecule has 0 radical (unpaired) electrons. The minimum absolute atomic E-state index is 0.773. The first-order valence-electron chi connectivity index (χ1n) is 6.21. The summed E-state index contributed by atoms with van der Waals surface area (Å²) in [7, 11) is 1.87. The average molecular weight is 287 g/mol. The summed E-state index contributed by atoms with van der Waals surface area (Å²) < 4.78 is 0. The molecule has 0 aromatic carbocycles. The molecule has 0 aliphatic carbocycles. The fourth-order valence-corrected chi connectivity index (χ4v) is 2.95. The molecule has 6 heteroatoms. The third-order valence-electron chi connectivity index (χ3n) is 2.87. The van der Waals surface area contributed by atoms with E-state index in [1.807, 2.05) is 27.0 Å². The summed E-state index contributed by atoms with van der Waals surface area (Å²) in [4.78, 5) is 17.9. The van der Waals surface area contributed by atoms with Crippen molar-refractivity contribution in [3.8, 4) is 0 Å². The second-order valence-electron chi connectivity index (χ2n) is 4.22. The predicted octanol–water partition coefficient (Wildman–Crippen LogP) is 3.15. The van der Waals surface area contributed by atoms with Crippen molar-refractivity contribution in [2.45, 2.75) is 24.5 Å². The number of nitrogens with zero attached hydrogens (tertiary/aromatic N) is 4. The Bertz CT molecular complexity index is 627. The zero-order valence-electron chi connectivity index (χ0n) is 11.8. The van der Waals surface area contributed by atoms with Crippen molar-refractivity contribution in [3.63, 3.8) is 0 Å². The van der Waals surface area contributed by atoms with Crippen LogP contribution in [-0.2, 0) is 5.75 Å². The number of hydrogen-bond acceptors (Lipinski definition) is 6. The number of hydrogen-bond donors (Lipinski definition) is 1. The minimum Gasteiger partial charge on any atom is -0.373 e. The largest absolute Gasteiger partial charge is 0.373 e. The first-order valence-corrected chi connectivity index (χ1v) is 7.19. The van der Waals surface area contributed by atoms with Crippen LogP contribution in [0.1, 0.15) is 17.1 Å². The molecule has 0 aliphatic rings. The van der Waals surface area contributed by atoms with Crippen molar-refractivity contribution in [1.29, 1.82) is 0 Å². The first kappa shape index (κ1) is 14.5. The van der Waals surface area contributed by atoms with Crippen molar-refractivity contribution in [2.75, 3.05) is 12.4 Å². The molecular weight excluding hydrogens is 270 g/mol. The lowest BCUT2D eigenvalue weighted by atomic mass is 10.2. The Hall–Kier alpha value is -1.95. The van der Waals surface area contributed by atoms with Crippen LogP contribution in [0.4, 0.5) is 11.5 Å². The highest BCUT2D eigenvalue weighted by Crippen LogP contribution is 2.32. The molecule has 0 amide bonds. The van der Waals surface area contributed by atoms with E-state index in [9.17, 15) is 0 Å². The van der Waals surface area contributed by atoms with E-state index in [2.05, 4.69) is 32.0 Å². The maximum atomic E-state index is 4.42. The third kappa shape index (κ3) is 3.14. The fourth-order valence-electron chi connectivity index (χ4n) is 1.88. The Balaban J connectivity index is 2.25. The van der Waals surface area contributed by atoms with Crippen LogP contribution in [0.25, 0.3) is 0 Å². The van der Waals surface area contributed by atoms with Gasteiger partial charge in [-0.3, -0.25) is 9.98 Å². The molecule has 20 heavy (non-hydrogen) atoms. The monoisotopic (exact) mass is 287 g/mol. The van der Waals surface area contributed by atoms with Gasteiger partial charge in [0.2, 0.25) is 0 Å². The van der Waals surface area contributed by atoms with Crippen LogP contribution in [0.2, 0.25) is 0 Å². The van der Waals surface area contributed by atoms with Crippen molar-refractivity contribution in [1.82, 2.24) is 15.0 Å². The van der Waals surface area contributed by atoms with E-state index >= 15 is 0 Å². The molecule has 5 nitrogen and oxygen atoms in total. The molecule has 0 fully saturated rings. The molecule has 0 saturated heterocycles. The fraction of sp³-hybridized carbons (Fsp3) is 0.286. The molecule has 2 aromatic rings. The lowest BCUT2D eigenvalue weighted by molar-refractivity contribution is 0.982. The van der Waals surface area contributed by atoms with Gasteiger partial charge >= 0.3 is 0 Å². The van der Waals surface area contributed by atoms with Crippen molar-refractivity contribution in [3.05, 3.63) is 35.5 Å². The Morgan fingerprint density at radius 2 is 2.15 bits per heavy atom. The summed E-state index contributed by atoms with van der Waals surface area (Å²) in [5, 5.41) is 3.13. The zero-order valence-corrected chi connectivity index (χ0v) is 12.7. The second-order valence-corrected chi connectivity index (χ2v) is 5.24. The lowest BCUT2D eigenvalue weighted by Crippen LogP contribution is -2.04. The topological polar surface area (TPSA) is 63.1 Å². The van der Waals surface area contributed by atoms with Gasteiger partial charge in [0.15, 0.2) is 0 Å². The Morgan fingerprint density at radius 3 is 2.85 bits per heavy atom. The maximum Gasteiger partial charge on any atom is 0.133 e. The van der Waals surface area contributed by atoms with Gasteiger partial charge in [-0.05, 0) is 26.6 Å². The van der Waals surface area contributed by atoms with Gasteiger partial charge in [-0.1, -0.05) is 0 Å². The van der Waals surface area contributed by atoms with Crippen molar-refractivity contribution >= 4 is 30.0 Å². The molecule has 2 aromatic heterocycles. The van der Waals surface area contributed by atoms with Gasteiger partial charge in [0, 0.05) is 35.2 Å². The number of anilines is 1. The van der Waals surface area contributed by atoms with E-state index in [-0.39, 0.29) is 0 Å². The highest BCUT2D eigenvalue weighted by Gasteiger charge is 2.10. The van der Waals surface area contributed by atoms with Crippen LogP contribution in [0, 0.1) is 13.8 Å². The minimum atomic E-state index is 0.773. The lowest BCUT2D eigenvalue weighted by Gasteiger charge is -2.12. The number of aliphatic imine (C=N–C) groups is 1. The van der Waals surface area contributed by atoms with Gasteiger partial charge in [-0.2, -0.15) is 0 Å². The Labute approximate surface area is 123 Å². The third-order valence-corrected chi connectivity index (χ3v) is 3.96. The van der Waals surface area contributed by atoms with Gasteiger partial charge in [0.25, 0.3) is 0 Å². The standard InChI is InChI=1S/C14H17N5S/c1-9-11(14(16-4)19-10(2)18-9)8-20-13-5-6-17-7-12(13)15-3/h5-7H,3,8H2,1-2,4H3,(H,16,18,19). The van der Waals surface area contributed by atoms with E-state index in [0.717, 1.165) is 39.2 Å². The molecule has 0 bridgehead atoms. The van der Waals surface area contributed by atoms with Crippen LogP contribution < -0.4 is 5.32 Å². The van der Waals surface area contributed by atoms with Gasteiger partial charge in [-0.15, -0.1) is 11.8 Å². The molecule has 0 aliphatic heterocycles. The van der Waals surface area contributed by atoms with E-state index in [4.69, 9.17) is 0 Å². The molecule has 0 spiro atoms. The van der Waals surface area contributed by atoms with Crippen LogP contribution in [0.5, 0.6) is 0 Å². The molecule has 2 rings (SSSR count). The summed E-state index contributed by atoms with van der Waals surface area (Å²) in [5.41, 5.74) is 2.90. The zero-order chi connectivity index (χ0) is 14.5. The number of rotatable bonds is 5. The van der Waals surface area contributed by atoms with Crippen LogP contribution in [0.3, 0.4) is 0 Å². The average Bonchev–Trinajstić information content (AvgIpc) is 2.45. The summed E-state index contributed by atoms with van der Waals surface area (Å²) in [5.74, 6) is 2.43. The number of aromatic nitrogens is 3. The molecular formula is C14H17N5S. The van der Waals surface area contributed by atoms with Gasteiger partial charge in [-0.25, -0.2) is 9.97 Å². The Morgan fingerprint density at radius 1 is 1.35 bits per heavy atom. The van der Waals surface area contributed by atoms with Crippen LogP contribution in [0.15, 0.2) is 28.3 Å². The predicted molar refractivity (Wildman–Crippen MR) is 84.1 cm³/mol. The van der Waals surface area contributed by atoms with E-state index in [1.165, 1.54) is 0 Å². The molecule has 2 heterocycles. The first-order chi connectivity index (χ1) is 9.65. The smallest absolute Gasteiger partial charge is 0.133 e. The molecule has 0 saturated carbocycles. The number of thioether (sulfide) groups is 1. The highest BCUT2D eigenvalue weighted by molar-refractivity contribution is 7.98. The molecule has 0 unspecified atom stereocenters. The summed E-state index contributed by atoms with van der Waals surface area (Å²) in [6.07, 6.45) is 3.47. The molecule has 0 atom stereocenters. The molecule has 104 valence electrons. The maximum absolute atomic E-state index is 4.42. The number of aryl methyl sites for hydroxylation is 2. The normalized spacial score (nSPS) is 10.3. The van der Waals surface area contributed by atoms with Gasteiger partial charge < -0.3 is 5.32 Å². The summed E-state index contributed by atoms with van der Waals surface area (Å²) in [6.45, 7) is 7.47. The van der Waals surface area contributed by atoms with Crippen LogP contribution in [-0.4, -0.2) is 28.7 Å². The van der Waals surface area contributed by atoms with Crippen LogP contribution >= 0.6 is 11.8 Å². The highest BCUT2D eigenvalue weighted by atomic mass is 32.2. The second kappa shape index (κ2) is 6.47. The SMILES string of the molecule is C=Nc1cnccc1SCc1c(C)nc(C)nc1NC. The van der Waals surface area contributed by atoms with Gasteiger partial charge in [0.1, 0.15) is 11.6 Å². The quantitative estimate of drug-likeness (QED) is 0.676. The number of pyridine rings is 1. The Kier molecular flexibility index (Phi) is 4.68. The number of nitrogens with one attached hydrogen (secondary N) is 1. The summed E-state index contributed by atoms with van der Waals surface area (Å²) >= 11 is 1.68. The van der Waals surface area contributed by atoms with E-state index in [1.54, 1.807) is 24.2 Å². The van der Waals surface area contributed by atoms with E-state index in [0.29, 0.717) is 0 Å². The van der Waals surface area contributed by atoms with Gasteiger partial charge in [0.05, 0.1) is 11.9 Å². The van der Waals surface area contributed by atoms with Crippen molar-refractivity contribution in [2.24, 2.45) is 4.99 Å². The van der Waals surface area contributed by atoms with Crippen molar-refractivity contribution < 1.29 is 0 Å². The van der Waals surface area contributed by atoms with E-state index < -0.39 is 0 Å². The molecule has 1 N–H and O–H groups in total.